The molecule has 2 aromatic rings. The Morgan fingerprint density at radius 3 is 2.57 bits per heavy atom. The van der Waals surface area contributed by atoms with Gasteiger partial charge in [0, 0.05) is 36.6 Å². The van der Waals surface area contributed by atoms with Crippen LogP contribution in [0.3, 0.4) is 0 Å². The average Bonchev–Trinajstić information content (AvgIpc) is 2.58. The molecule has 4 heteroatoms. The van der Waals surface area contributed by atoms with E-state index in [4.69, 9.17) is 4.74 Å². The second-order valence-electron chi connectivity index (χ2n) is 5.45. The lowest BCUT2D eigenvalue weighted by atomic mass is 10.1. The summed E-state index contributed by atoms with van der Waals surface area (Å²) in [7, 11) is 0. The number of carbonyl (C=O) groups is 1. The first kappa shape index (κ1) is 16.7. The van der Waals surface area contributed by atoms with Crippen molar-refractivity contribution in [2.45, 2.75) is 20.5 Å². The third-order valence-electron chi connectivity index (χ3n) is 3.36. The van der Waals surface area contributed by atoms with E-state index in [0.717, 1.165) is 16.9 Å². The molecule has 0 unspecified atom stereocenters. The van der Waals surface area contributed by atoms with E-state index >= 15 is 0 Å². The first-order valence-electron chi connectivity index (χ1n) is 7.65. The van der Waals surface area contributed by atoms with Crippen molar-refractivity contribution < 1.29 is 9.53 Å². The Bertz CT molecular complexity index is 651. The van der Waals surface area contributed by atoms with E-state index in [1.807, 2.05) is 38.1 Å². The quantitative estimate of drug-likeness (QED) is 0.732. The van der Waals surface area contributed by atoms with Gasteiger partial charge in [-0.3, -0.25) is 9.78 Å². The lowest BCUT2D eigenvalue weighted by molar-refractivity contribution is 0.0778. The molecular weight excluding hydrogens is 288 g/mol. The van der Waals surface area contributed by atoms with Gasteiger partial charge < -0.3 is 9.64 Å². The molecule has 0 bridgehead atoms. The van der Waals surface area contributed by atoms with Gasteiger partial charge >= 0.3 is 0 Å². The van der Waals surface area contributed by atoms with E-state index in [-0.39, 0.29) is 5.91 Å². The highest BCUT2D eigenvalue weighted by molar-refractivity contribution is 5.94. The summed E-state index contributed by atoms with van der Waals surface area (Å²) in [6, 6.07) is 11.1. The zero-order valence-electron chi connectivity index (χ0n) is 13.7. The molecule has 1 aromatic heterocycles. The number of hydrogen-bond donors (Lipinski definition) is 0. The average molecular weight is 310 g/mol. The van der Waals surface area contributed by atoms with Crippen molar-refractivity contribution in [1.82, 2.24) is 9.88 Å². The smallest absolute Gasteiger partial charge is 0.254 e. The molecular formula is C19H22N2O2. The first-order valence-corrected chi connectivity index (χ1v) is 7.65. The van der Waals surface area contributed by atoms with Crippen LogP contribution >= 0.6 is 0 Å². The molecule has 1 amide bonds. The second-order valence-corrected chi connectivity index (χ2v) is 5.45. The lowest BCUT2D eigenvalue weighted by Crippen LogP contribution is -2.32. The van der Waals surface area contributed by atoms with Gasteiger partial charge in [-0.25, -0.2) is 0 Å². The largest absolute Gasteiger partial charge is 0.489 e. The van der Waals surface area contributed by atoms with Crippen LogP contribution in [0.1, 0.15) is 29.8 Å². The molecule has 0 aliphatic rings. The van der Waals surface area contributed by atoms with Crippen molar-refractivity contribution in [3.05, 3.63) is 72.1 Å². The Morgan fingerprint density at radius 2 is 2.00 bits per heavy atom. The third kappa shape index (κ3) is 4.95. The van der Waals surface area contributed by atoms with Crippen LogP contribution in [-0.4, -0.2) is 28.9 Å². The molecule has 0 saturated carbocycles. The maximum absolute atomic E-state index is 12.4. The zero-order valence-corrected chi connectivity index (χ0v) is 13.7. The van der Waals surface area contributed by atoms with Gasteiger partial charge in [-0.05, 0) is 44.2 Å². The van der Waals surface area contributed by atoms with Crippen molar-refractivity contribution in [1.29, 1.82) is 0 Å². The highest BCUT2D eigenvalue weighted by Crippen LogP contribution is 2.15. The van der Waals surface area contributed by atoms with Crippen molar-refractivity contribution in [2.24, 2.45) is 0 Å². The molecule has 0 saturated heterocycles. The normalized spacial score (nSPS) is 10.2. The summed E-state index contributed by atoms with van der Waals surface area (Å²) in [5.74, 6) is 0.739. The fourth-order valence-electron chi connectivity index (χ4n) is 2.18. The Kier molecular flexibility index (Phi) is 5.92. The van der Waals surface area contributed by atoms with Crippen LogP contribution in [0.2, 0.25) is 0 Å². The zero-order chi connectivity index (χ0) is 16.7. The molecule has 0 radical (unpaired) electrons. The summed E-state index contributed by atoms with van der Waals surface area (Å²) < 4.78 is 5.70. The molecule has 0 atom stereocenters. The van der Waals surface area contributed by atoms with E-state index in [1.54, 1.807) is 29.4 Å². The van der Waals surface area contributed by atoms with Crippen molar-refractivity contribution in [3.63, 3.8) is 0 Å². The molecule has 0 aliphatic heterocycles. The standard InChI is InChI=1S/C19H22N2O2/c1-4-21(13-15(2)3)19(22)17-7-9-18(10-8-17)23-14-16-6-5-11-20-12-16/h5-12H,2,4,13-14H2,1,3H3. The lowest BCUT2D eigenvalue weighted by Gasteiger charge is -2.21. The summed E-state index contributed by atoms with van der Waals surface area (Å²) >= 11 is 0. The summed E-state index contributed by atoms with van der Waals surface area (Å²) in [4.78, 5) is 18.3. The number of nitrogens with zero attached hydrogens (tertiary/aromatic N) is 2. The number of rotatable bonds is 7. The number of benzene rings is 1. The van der Waals surface area contributed by atoms with Gasteiger partial charge in [0.1, 0.15) is 12.4 Å². The topological polar surface area (TPSA) is 42.4 Å². The Labute approximate surface area is 137 Å². The molecule has 0 spiro atoms. The van der Waals surface area contributed by atoms with Gasteiger partial charge in [0.2, 0.25) is 0 Å². The van der Waals surface area contributed by atoms with Crippen molar-refractivity contribution >= 4 is 5.91 Å². The summed E-state index contributed by atoms with van der Waals surface area (Å²) in [5.41, 5.74) is 2.63. The van der Waals surface area contributed by atoms with Gasteiger partial charge in [-0.1, -0.05) is 18.2 Å². The van der Waals surface area contributed by atoms with Crippen molar-refractivity contribution in [3.8, 4) is 5.75 Å². The predicted octanol–water partition coefficient (Wildman–Crippen LogP) is 3.70. The second kappa shape index (κ2) is 8.13. The van der Waals surface area contributed by atoms with Crippen LogP contribution in [0.25, 0.3) is 0 Å². The highest BCUT2D eigenvalue weighted by Gasteiger charge is 2.13. The Balaban J connectivity index is 1.98. The Hall–Kier alpha value is -2.62. The number of hydrogen-bond acceptors (Lipinski definition) is 3. The van der Waals surface area contributed by atoms with Crippen LogP contribution in [0.5, 0.6) is 5.75 Å². The maximum Gasteiger partial charge on any atom is 0.254 e. The van der Waals surface area contributed by atoms with Gasteiger partial charge in [-0.15, -0.1) is 0 Å². The van der Waals surface area contributed by atoms with E-state index in [0.29, 0.717) is 25.3 Å². The molecule has 4 nitrogen and oxygen atoms in total. The van der Waals surface area contributed by atoms with Crippen LogP contribution in [0.4, 0.5) is 0 Å². The fraction of sp³-hybridized carbons (Fsp3) is 0.263. The number of ether oxygens (including phenoxy) is 1. The minimum atomic E-state index is 0.00862. The monoisotopic (exact) mass is 310 g/mol. The summed E-state index contributed by atoms with van der Waals surface area (Å²) in [6.45, 7) is 9.45. The fourth-order valence-corrected chi connectivity index (χ4v) is 2.18. The molecule has 0 fully saturated rings. The maximum atomic E-state index is 12.4. The van der Waals surface area contributed by atoms with Crippen LogP contribution in [0.15, 0.2) is 60.9 Å². The highest BCUT2D eigenvalue weighted by atomic mass is 16.5. The first-order chi connectivity index (χ1) is 11.1. The molecule has 0 N–H and O–H groups in total. The van der Waals surface area contributed by atoms with E-state index in [9.17, 15) is 4.79 Å². The molecule has 2 rings (SSSR count). The van der Waals surface area contributed by atoms with Crippen molar-refractivity contribution in [2.75, 3.05) is 13.1 Å². The van der Waals surface area contributed by atoms with Crippen LogP contribution in [0, 0.1) is 0 Å². The molecule has 1 aromatic carbocycles. The van der Waals surface area contributed by atoms with Gasteiger partial charge in [-0.2, -0.15) is 0 Å². The minimum Gasteiger partial charge on any atom is -0.489 e. The molecule has 1 heterocycles. The summed E-state index contributed by atoms with van der Waals surface area (Å²) in [5, 5.41) is 0. The summed E-state index contributed by atoms with van der Waals surface area (Å²) in [6.07, 6.45) is 3.50. The van der Waals surface area contributed by atoms with Crippen LogP contribution < -0.4 is 4.74 Å². The molecule has 0 aliphatic carbocycles. The van der Waals surface area contributed by atoms with E-state index in [1.165, 1.54) is 0 Å². The number of amides is 1. The van der Waals surface area contributed by atoms with Gasteiger partial charge in [0.25, 0.3) is 5.91 Å². The minimum absolute atomic E-state index is 0.00862. The number of carbonyl (C=O) groups excluding carboxylic acids is 1. The van der Waals surface area contributed by atoms with Gasteiger partial charge in [0.15, 0.2) is 0 Å². The van der Waals surface area contributed by atoms with E-state index in [2.05, 4.69) is 11.6 Å². The Morgan fingerprint density at radius 1 is 1.26 bits per heavy atom. The molecule has 23 heavy (non-hydrogen) atoms. The third-order valence-corrected chi connectivity index (χ3v) is 3.36. The predicted molar refractivity (Wildman–Crippen MR) is 91.4 cm³/mol. The SMILES string of the molecule is C=C(C)CN(CC)C(=O)c1ccc(OCc2cccnc2)cc1. The van der Waals surface area contributed by atoms with Gasteiger partial charge in [0.05, 0.1) is 0 Å². The van der Waals surface area contributed by atoms with E-state index < -0.39 is 0 Å². The van der Waals surface area contributed by atoms with Crippen LogP contribution in [-0.2, 0) is 6.61 Å². The number of likely N-dealkylation sites (N-methyl/N-ethyl adjacent to an activating group) is 1. The number of aromatic nitrogens is 1. The number of pyridine rings is 1. The molecule has 120 valence electrons.